The molecule has 3 aliphatic heterocycles. The van der Waals surface area contributed by atoms with Crippen molar-refractivity contribution in [2.45, 2.75) is 50.6 Å². The Labute approximate surface area is 268 Å². The summed E-state index contributed by atoms with van der Waals surface area (Å²) in [6.07, 6.45) is 3.55. The van der Waals surface area contributed by atoms with E-state index in [2.05, 4.69) is 27.9 Å². The van der Waals surface area contributed by atoms with Crippen molar-refractivity contribution in [1.29, 1.82) is 5.26 Å². The quantitative estimate of drug-likeness (QED) is 0.239. The molecular weight excluding hydrogens is 624 g/mol. The van der Waals surface area contributed by atoms with Gasteiger partial charge in [-0.2, -0.15) is 5.26 Å². The molecule has 2 aromatic carbocycles. The van der Waals surface area contributed by atoms with E-state index in [1.54, 1.807) is 29.3 Å². The highest BCUT2D eigenvalue weighted by molar-refractivity contribution is 6.43. The summed E-state index contributed by atoms with van der Waals surface area (Å²) in [4.78, 5) is 20.9. The van der Waals surface area contributed by atoms with Gasteiger partial charge in [-0.1, -0.05) is 42.3 Å². The molecule has 5 heterocycles. The zero-order valence-corrected chi connectivity index (χ0v) is 26.1. The van der Waals surface area contributed by atoms with Crippen LogP contribution in [0.4, 0.5) is 18.0 Å². The number of urea groups is 1. The van der Waals surface area contributed by atoms with Crippen molar-refractivity contribution in [2.24, 2.45) is 5.92 Å². The fourth-order valence-electron chi connectivity index (χ4n) is 7.35. The van der Waals surface area contributed by atoms with Crippen LogP contribution in [-0.2, 0) is 6.42 Å². The second-order valence-corrected chi connectivity index (χ2v) is 13.2. The molecule has 0 saturated carbocycles. The predicted molar refractivity (Wildman–Crippen MR) is 168 cm³/mol. The molecule has 0 aliphatic carbocycles. The normalized spacial score (nSPS) is 22.7. The highest BCUT2D eigenvalue weighted by Gasteiger charge is 2.49. The van der Waals surface area contributed by atoms with Crippen LogP contribution in [0.5, 0.6) is 0 Å². The average molecular weight is 656 g/mol. The predicted octanol–water partition coefficient (Wildman–Crippen LogP) is 7.75. The molecule has 4 aromatic rings. The van der Waals surface area contributed by atoms with Gasteiger partial charge in [0, 0.05) is 53.3 Å². The second kappa shape index (κ2) is 11.4. The van der Waals surface area contributed by atoms with Crippen LogP contribution in [0.25, 0.3) is 32.9 Å². The Morgan fingerprint density at radius 3 is 2.73 bits per heavy atom. The molecular formula is C33H31Cl2F3N6O. The lowest BCUT2D eigenvalue weighted by Crippen LogP contribution is -2.61. The minimum absolute atomic E-state index is 0.00154. The van der Waals surface area contributed by atoms with Gasteiger partial charge in [0.25, 0.3) is 5.92 Å². The Morgan fingerprint density at radius 1 is 1.22 bits per heavy atom. The highest BCUT2D eigenvalue weighted by atomic mass is 35.5. The van der Waals surface area contributed by atoms with Crippen molar-refractivity contribution in [1.82, 2.24) is 24.7 Å². The van der Waals surface area contributed by atoms with E-state index in [-0.39, 0.29) is 53.0 Å². The fourth-order valence-corrected chi connectivity index (χ4v) is 7.74. The third-order valence-electron chi connectivity index (χ3n) is 9.50. The van der Waals surface area contributed by atoms with Crippen LogP contribution in [0.15, 0.2) is 36.5 Å². The lowest BCUT2D eigenvalue weighted by atomic mass is 9.93. The Kier molecular flexibility index (Phi) is 7.62. The van der Waals surface area contributed by atoms with Gasteiger partial charge in [-0.05, 0) is 55.5 Å². The number of benzene rings is 2. The number of nitrogens with one attached hydrogen (secondary N) is 1. The number of aryl methyl sites for hydroxylation is 1. The van der Waals surface area contributed by atoms with Crippen LogP contribution < -0.4 is 5.32 Å². The first-order chi connectivity index (χ1) is 21.6. The number of hydrogen-bond donors (Lipinski definition) is 1. The van der Waals surface area contributed by atoms with Crippen LogP contribution >= 0.6 is 23.2 Å². The molecule has 3 saturated heterocycles. The first-order valence-electron chi connectivity index (χ1n) is 15.2. The number of fused-ring (bicyclic) bond motifs is 3. The number of hydrogen-bond acceptors (Lipinski definition) is 4. The number of likely N-dealkylation sites (tertiary alicyclic amines) is 2. The fraction of sp³-hybridized carbons (Fsp3) is 0.424. The first-order valence-corrected chi connectivity index (χ1v) is 16.0. The number of rotatable bonds is 5. The number of pyridine rings is 1. The molecule has 0 radical (unpaired) electrons. The Hall–Kier alpha value is -3.52. The van der Waals surface area contributed by atoms with Gasteiger partial charge in [0.1, 0.15) is 5.52 Å². The van der Waals surface area contributed by atoms with Crippen LogP contribution in [0, 0.1) is 23.1 Å². The average Bonchev–Trinajstić information content (AvgIpc) is 3.74. The van der Waals surface area contributed by atoms with Gasteiger partial charge in [-0.25, -0.2) is 18.0 Å². The zero-order valence-electron chi connectivity index (χ0n) is 24.6. The molecule has 7 nitrogen and oxygen atoms in total. The lowest BCUT2D eigenvalue weighted by Gasteiger charge is -2.42. The van der Waals surface area contributed by atoms with Crippen molar-refractivity contribution in [3.8, 4) is 17.2 Å². The van der Waals surface area contributed by atoms with Crippen LogP contribution in [0.2, 0.25) is 10.0 Å². The lowest BCUT2D eigenvalue weighted by molar-refractivity contribution is -0.114. The minimum atomic E-state index is -2.85. The van der Waals surface area contributed by atoms with Gasteiger partial charge in [-0.3, -0.25) is 4.98 Å². The molecule has 0 bridgehead atoms. The van der Waals surface area contributed by atoms with Crippen molar-refractivity contribution < 1.29 is 18.0 Å². The summed E-state index contributed by atoms with van der Waals surface area (Å²) >= 11 is 12.9. The molecule has 2 amide bonds. The Morgan fingerprint density at radius 2 is 2.02 bits per heavy atom. The smallest absolute Gasteiger partial charge is 0.320 e. The summed E-state index contributed by atoms with van der Waals surface area (Å²) < 4.78 is 46.3. The van der Waals surface area contributed by atoms with Gasteiger partial charge >= 0.3 is 6.03 Å². The van der Waals surface area contributed by atoms with Gasteiger partial charge < -0.3 is 19.7 Å². The summed E-state index contributed by atoms with van der Waals surface area (Å²) in [5, 5.41) is 14.8. The maximum absolute atomic E-state index is 16.8. The van der Waals surface area contributed by atoms with E-state index in [1.807, 2.05) is 12.1 Å². The van der Waals surface area contributed by atoms with E-state index in [9.17, 15) is 18.8 Å². The summed E-state index contributed by atoms with van der Waals surface area (Å²) in [6, 6.07) is 10.4. The number of nitriles is 1. The molecule has 2 aromatic heterocycles. The SMILES string of the molecule is C[C@@H]1CNC[C@H]1n1c([C@H]2CCCN2C(=O)N2CC(F)(F)C2)cc2cnc3c(F)c(-c4cccc(Cl)c4Cl)c(CCC#N)cc3c21. The van der Waals surface area contributed by atoms with Gasteiger partial charge in [0.15, 0.2) is 5.82 Å². The summed E-state index contributed by atoms with van der Waals surface area (Å²) in [5.41, 5.74) is 3.17. The first kappa shape index (κ1) is 30.2. The van der Waals surface area contributed by atoms with Crippen molar-refractivity contribution in [3.63, 3.8) is 0 Å². The molecule has 0 unspecified atom stereocenters. The van der Waals surface area contributed by atoms with Gasteiger partial charge in [0.05, 0.1) is 46.8 Å². The maximum atomic E-state index is 16.8. The van der Waals surface area contributed by atoms with Crippen molar-refractivity contribution in [2.75, 3.05) is 32.7 Å². The molecule has 0 spiro atoms. The molecule has 7 rings (SSSR count). The third kappa shape index (κ3) is 5.00. The second-order valence-electron chi connectivity index (χ2n) is 12.4. The Balaban J connectivity index is 1.45. The van der Waals surface area contributed by atoms with Crippen molar-refractivity contribution in [3.05, 3.63) is 63.6 Å². The largest absolute Gasteiger partial charge is 0.337 e. The molecule has 3 atom stereocenters. The highest BCUT2D eigenvalue weighted by Crippen LogP contribution is 2.45. The zero-order chi connectivity index (χ0) is 31.6. The van der Waals surface area contributed by atoms with E-state index < -0.39 is 24.8 Å². The Bertz CT molecular complexity index is 1880. The number of amides is 2. The number of halogens is 5. The summed E-state index contributed by atoms with van der Waals surface area (Å²) in [5.74, 6) is -3.17. The van der Waals surface area contributed by atoms with Crippen LogP contribution in [-0.4, -0.2) is 64.0 Å². The number of carbonyl (C=O) groups is 1. The summed E-state index contributed by atoms with van der Waals surface area (Å²) in [6.45, 7) is 2.96. The van der Waals surface area contributed by atoms with E-state index in [0.717, 1.165) is 29.6 Å². The minimum Gasteiger partial charge on any atom is -0.337 e. The standard InChI is InChI=1S/C33H31Cl2F3N6O/c1-18-13-40-15-26(18)44-25(24-8-4-10-43(24)32(45)42-16-33(37,38)17-42)12-20-14-41-30-22(31(20)44)11-19(5-3-9-39)27(29(30)36)21-6-2-7-23(34)28(21)35/h2,6-7,11-12,14,18,24,26,40H,3-5,8,10,13,15-17H2,1H3/t18-,24-,26-/m1/s1. The number of aromatic nitrogens is 2. The van der Waals surface area contributed by atoms with Crippen LogP contribution in [0.1, 0.15) is 49.5 Å². The number of nitrogens with zero attached hydrogens (tertiary/aromatic N) is 5. The number of alkyl halides is 2. The monoisotopic (exact) mass is 654 g/mol. The topological polar surface area (TPSA) is 77.2 Å². The van der Waals surface area contributed by atoms with Crippen molar-refractivity contribution >= 4 is 51.0 Å². The molecule has 234 valence electrons. The van der Waals surface area contributed by atoms with E-state index in [0.29, 0.717) is 41.0 Å². The molecule has 3 aliphatic rings. The van der Waals surface area contributed by atoms with Gasteiger partial charge in [0.2, 0.25) is 0 Å². The van der Waals surface area contributed by atoms with E-state index in [4.69, 9.17) is 23.2 Å². The van der Waals surface area contributed by atoms with Crippen LogP contribution in [0.3, 0.4) is 0 Å². The number of carbonyl (C=O) groups excluding carboxylic acids is 1. The maximum Gasteiger partial charge on any atom is 0.320 e. The summed E-state index contributed by atoms with van der Waals surface area (Å²) in [7, 11) is 0. The molecule has 3 fully saturated rings. The molecule has 12 heteroatoms. The third-order valence-corrected chi connectivity index (χ3v) is 10.3. The molecule has 1 N–H and O–H groups in total. The molecule has 45 heavy (non-hydrogen) atoms. The van der Waals surface area contributed by atoms with E-state index >= 15 is 4.39 Å². The van der Waals surface area contributed by atoms with E-state index in [1.165, 1.54) is 4.90 Å². The van der Waals surface area contributed by atoms with Gasteiger partial charge in [-0.15, -0.1) is 0 Å².